The van der Waals surface area contributed by atoms with Crippen LogP contribution in [0, 0.1) is 11.3 Å². The van der Waals surface area contributed by atoms with Crippen molar-refractivity contribution in [3.63, 3.8) is 0 Å². The van der Waals surface area contributed by atoms with E-state index in [1.54, 1.807) is 12.1 Å². The van der Waals surface area contributed by atoms with Crippen LogP contribution in [0.4, 0.5) is 5.00 Å². The van der Waals surface area contributed by atoms with Gasteiger partial charge in [0.15, 0.2) is 0 Å². The Morgan fingerprint density at radius 1 is 1.26 bits per heavy atom. The summed E-state index contributed by atoms with van der Waals surface area (Å²) in [7, 11) is 0. The molecule has 0 bridgehead atoms. The van der Waals surface area contributed by atoms with E-state index in [4.69, 9.17) is 4.42 Å². The number of carbonyl (C=O) groups excluding carboxylic acids is 1. The van der Waals surface area contributed by atoms with E-state index in [9.17, 15) is 14.9 Å². The topological polar surface area (TPSA) is 86.3 Å². The van der Waals surface area contributed by atoms with E-state index < -0.39 is 11.5 Å². The smallest absolute Gasteiger partial charge is 0.349 e. The van der Waals surface area contributed by atoms with Crippen molar-refractivity contribution in [2.45, 2.75) is 19.9 Å². The normalized spacial score (nSPS) is 13.8. The second kappa shape index (κ2) is 7.65. The maximum absolute atomic E-state index is 13.0. The molecule has 1 N–H and O–H groups in total. The first-order valence-electron chi connectivity index (χ1n) is 10.1. The maximum Gasteiger partial charge on any atom is 0.349 e. The molecule has 5 rings (SSSR count). The monoisotopic (exact) mass is 429 g/mol. The van der Waals surface area contributed by atoms with Gasteiger partial charge < -0.3 is 9.73 Å². The molecular formula is C24H19N3O3S. The van der Waals surface area contributed by atoms with Crippen LogP contribution in [0.1, 0.15) is 33.3 Å². The largest absolute Gasteiger partial charge is 0.422 e. The third-order valence-corrected chi connectivity index (χ3v) is 6.94. The Morgan fingerprint density at radius 3 is 2.90 bits per heavy atom. The van der Waals surface area contributed by atoms with Gasteiger partial charge in [0.05, 0.1) is 5.56 Å². The van der Waals surface area contributed by atoms with Crippen molar-refractivity contribution in [2.24, 2.45) is 0 Å². The van der Waals surface area contributed by atoms with Gasteiger partial charge in [0, 0.05) is 23.4 Å². The lowest BCUT2D eigenvalue weighted by Crippen LogP contribution is -2.29. The fourth-order valence-electron chi connectivity index (χ4n) is 4.13. The first-order chi connectivity index (χ1) is 15.1. The van der Waals surface area contributed by atoms with E-state index in [2.05, 4.69) is 23.2 Å². The van der Waals surface area contributed by atoms with Crippen LogP contribution in [0.3, 0.4) is 0 Å². The highest BCUT2D eigenvalue weighted by Crippen LogP contribution is 2.37. The number of thiophene rings is 1. The van der Waals surface area contributed by atoms with Gasteiger partial charge in [0.1, 0.15) is 22.2 Å². The molecule has 2 aromatic carbocycles. The standard InChI is InChI=1S/C24H19N3O3S/c1-2-27-10-9-16-19(12-25)23(31-21(16)13-27)26-22(28)18-11-17-15-6-4-3-5-14(15)7-8-20(17)30-24(18)29/h3-8,11H,2,9-10,13H2,1H3,(H,26,28). The van der Waals surface area contributed by atoms with Crippen molar-refractivity contribution in [1.82, 2.24) is 4.90 Å². The fourth-order valence-corrected chi connectivity index (χ4v) is 5.37. The van der Waals surface area contributed by atoms with Crippen LogP contribution < -0.4 is 10.9 Å². The van der Waals surface area contributed by atoms with E-state index in [1.165, 1.54) is 11.3 Å². The molecule has 1 aliphatic rings. The van der Waals surface area contributed by atoms with Gasteiger partial charge in [-0.25, -0.2) is 4.79 Å². The number of hydrogen-bond donors (Lipinski definition) is 1. The number of rotatable bonds is 3. The molecule has 3 heterocycles. The number of amides is 1. The lowest BCUT2D eigenvalue weighted by molar-refractivity contribution is 0.102. The van der Waals surface area contributed by atoms with Gasteiger partial charge in [-0.1, -0.05) is 37.3 Å². The molecule has 0 spiro atoms. The number of nitriles is 1. The van der Waals surface area contributed by atoms with Gasteiger partial charge >= 0.3 is 5.63 Å². The van der Waals surface area contributed by atoms with E-state index in [1.807, 2.05) is 30.3 Å². The zero-order valence-electron chi connectivity index (χ0n) is 16.9. The molecule has 0 saturated heterocycles. The van der Waals surface area contributed by atoms with Crippen LogP contribution in [0.5, 0.6) is 0 Å². The lowest BCUT2D eigenvalue weighted by Gasteiger charge is -2.24. The second-order valence-corrected chi connectivity index (χ2v) is 8.64. The van der Waals surface area contributed by atoms with Crippen LogP contribution >= 0.6 is 11.3 Å². The minimum atomic E-state index is -0.697. The summed E-state index contributed by atoms with van der Waals surface area (Å²) in [5, 5.41) is 15.6. The molecule has 1 aliphatic heterocycles. The summed E-state index contributed by atoms with van der Waals surface area (Å²) in [6, 6.07) is 15.2. The lowest BCUT2D eigenvalue weighted by atomic mass is 10.0. The van der Waals surface area contributed by atoms with E-state index in [0.717, 1.165) is 47.3 Å². The van der Waals surface area contributed by atoms with Crippen molar-refractivity contribution in [3.8, 4) is 6.07 Å². The SMILES string of the molecule is CCN1CCc2c(sc(NC(=O)c3cc4c(ccc5ccccc54)oc3=O)c2C#N)C1. The molecule has 0 unspecified atom stereocenters. The van der Waals surface area contributed by atoms with E-state index in [-0.39, 0.29) is 5.56 Å². The molecule has 0 aliphatic carbocycles. The number of anilines is 1. The van der Waals surface area contributed by atoms with Gasteiger partial charge in [-0.15, -0.1) is 11.3 Å². The third-order valence-electron chi connectivity index (χ3n) is 5.81. The Labute approximate surface area is 182 Å². The molecule has 154 valence electrons. The van der Waals surface area contributed by atoms with Crippen LogP contribution in [0.25, 0.3) is 21.7 Å². The molecule has 4 aromatic rings. The van der Waals surface area contributed by atoms with E-state index in [0.29, 0.717) is 21.5 Å². The van der Waals surface area contributed by atoms with Crippen LogP contribution in [0.15, 0.2) is 51.7 Å². The zero-order chi connectivity index (χ0) is 21.5. The van der Waals surface area contributed by atoms with Gasteiger partial charge in [0.2, 0.25) is 0 Å². The van der Waals surface area contributed by atoms with Crippen molar-refractivity contribution >= 4 is 44.0 Å². The number of nitrogens with zero attached hydrogens (tertiary/aromatic N) is 2. The van der Waals surface area contributed by atoms with Crippen LogP contribution in [0.2, 0.25) is 0 Å². The van der Waals surface area contributed by atoms with Gasteiger partial charge in [-0.3, -0.25) is 9.69 Å². The van der Waals surface area contributed by atoms with Crippen molar-refractivity contribution < 1.29 is 9.21 Å². The maximum atomic E-state index is 13.0. The highest BCUT2D eigenvalue weighted by atomic mass is 32.1. The predicted octanol–water partition coefficient (Wildman–Crippen LogP) is 4.51. The Balaban J connectivity index is 1.55. The van der Waals surface area contributed by atoms with Gasteiger partial charge in [-0.05, 0) is 41.4 Å². The first-order valence-corrected chi connectivity index (χ1v) is 10.9. The summed E-state index contributed by atoms with van der Waals surface area (Å²) in [5.41, 5.74) is 1.17. The zero-order valence-corrected chi connectivity index (χ0v) is 17.7. The number of carbonyl (C=O) groups is 1. The number of likely N-dealkylation sites (N-methyl/N-ethyl adjacent to an activating group) is 1. The molecule has 0 radical (unpaired) electrons. The van der Waals surface area contributed by atoms with Crippen LogP contribution in [-0.2, 0) is 13.0 Å². The average molecular weight is 430 g/mol. The minimum absolute atomic E-state index is 0.0747. The molecule has 2 aromatic heterocycles. The Kier molecular flexibility index (Phi) is 4.81. The third kappa shape index (κ3) is 3.30. The predicted molar refractivity (Wildman–Crippen MR) is 122 cm³/mol. The molecule has 6 nitrogen and oxygen atoms in total. The highest BCUT2D eigenvalue weighted by molar-refractivity contribution is 7.16. The number of hydrogen-bond acceptors (Lipinski definition) is 6. The number of benzene rings is 2. The van der Waals surface area contributed by atoms with Crippen LogP contribution in [-0.4, -0.2) is 23.9 Å². The summed E-state index contributed by atoms with van der Waals surface area (Å²) >= 11 is 1.41. The first kappa shape index (κ1) is 19.5. The Bertz CT molecular complexity index is 1440. The minimum Gasteiger partial charge on any atom is -0.422 e. The summed E-state index contributed by atoms with van der Waals surface area (Å²) in [6.07, 6.45) is 0.780. The quantitative estimate of drug-likeness (QED) is 0.383. The average Bonchev–Trinajstić information content (AvgIpc) is 3.14. The highest BCUT2D eigenvalue weighted by Gasteiger charge is 2.25. The van der Waals surface area contributed by atoms with E-state index >= 15 is 0 Å². The summed E-state index contributed by atoms with van der Waals surface area (Å²) in [6.45, 7) is 4.71. The molecule has 1 amide bonds. The van der Waals surface area contributed by atoms with Gasteiger partial charge in [-0.2, -0.15) is 5.26 Å². The second-order valence-electron chi connectivity index (χ2n) is 7.54. The molecule has 0 fully saturated rings. The van der Waals surface area contributed by atoms with Gasteiger partial charge in [0.25, 0.3) is 5.91 Å². The Hall–Kier alpha value is -3.47. The fraction of sp³-hybridized carbons (Fsp3) is 0.208. The number of nitrogens with one attached hydrogen (secondary N) is 1. The summed E-state index contributed by atoms with van der Waals surface area (Å²) < 4.78 is 5.44. The molecule has 7 heteroatoms. The van der Waals surface area contributed by atoms with Crippen molar-refractivity contribution in [2.75, 3.05) is 18.4 Å². The molecular weight excluding hydrogens is 410 g/mol. The summed E-state index contributed by atoms with van der Waals surface area (Å²) in [4.78, 5) is 29.0. The molecule has 0 atom stereocenters. The number of fused-ring (bicyclic) bond motifs is 4. The summed E-state index contributed by atoms with van der Waals surface area (Å²) in [5.74, 6) is -0.564. The molecule has 0 saturated carbocycles. The van der Waals surface area contributed by atoms with Crippen molar-refractivity contribution in [1.29, 1.82) is 5.26 Å². The Morgan fingerprint density at radius 2 is 2.10 bits per heavy atom. The molecule has 31 heavy (non-hydrogen) atoms. The van der Waals surface area contributed by atoms with Crippen molar-refractivity contribution in [3.05, 3.63) is 74.5 Å².